The summed E-state index contributed by atoms with van der Waals surface area (Å²) in [6, 6.07) is 3.82. The fraction of sp³-hybridized carbons (Fsp3) is 0.375. The first-order valence-corrected chi connectivity index (χ1v) is 8.70. The van der Waals surface area contributed by atoms with E-state index in [1.165, 1.54) is 0 Å². The maximum Gasteiger partial charge on any atom is 0.175 e. The third-order valence-corrected chi connectivity index (χ3v) is 4.92. The zero-order valence-corrected chi connectivity index (χ0v) is 14.6. The molecule has 0 atom stereocenters. The fourth-order valence-corrected chi connectivity index (χ4v) is 3.57. The molecule has 3 aromatic heterocycles. The van der Waals surface area contributed by atoms with Crippen molar-refractivity contribution in [2.75, 3.05) is 13.2 Å². The van der Waals surface area contributed by atoms with E-state index in [2.05, 4.69) is 9.97 Å². The number of thiophene rings is 1. The van der Waals surface area contributed by atoms with Crippen molar-refractivity contribution in [3.05, 3.63) is 35.9 Å². The molecule has 122 valence electrons. The zero-order valence-electron chi connectivity index (χ0n) is 13.0. The van der Waals surface area contributed by atoms with E-state index in [1.807, 2.05) is 30.7 Å². The van der Waals surface area contributed by atoms with Gasteiger partial charge in [0, 0.05) is 25.6 Å². The van der Waals surface area contributed by atoms with Gasteiger partial charge < -0.3 is 14.0 Å². The van der Waals surface area contributed by atoms with Crippen LogP contribution in [0.4, 0.5) is 0 Å². The summed E-state index contributed by atoms with van der Waals surface area (Å²) in [6.45, 7) is 5.76. The molecule has 0 spiro atoms. The highest BCUT2D eigenvalue weighted by Gasteiger charge is 2.13. The van der Waals surface area contributed by atoms with Gasteiger partial charge in [0.25, 0.3) is 0 Å². The Morgan fingerprint density at radius 2 is 2.04 bits per heavy atom. The summed E-state index contributed by atoms with van der Waals surface area (Å²) in [6.07, 6.45) is 5.24. The number of pyridine rings is 1. The predicted molar refractivity (Wildman–Crippen MR) is 92.9 cm³/mol. The maximum absolute atomic E-state index is 6.21. The number of halogens is 1. The van der Waals surface area contributed by atoms with Gasteiger partial charge in [0.1, 0.15) is 0 Å². The Labute approximate surface area is 143 Å². The maximum atomic E-state index is 6.21. The van der Waals surface area contributed by atoms with Gasteiger partial charge in [-0.3, -0.25) is 4.98 Å². The SMILES string of the molecule is CCOC(Cn1cnc(-c2cc3nccc(Cl)c3s2)c1)OCC. The molecule has 0 saturated heterocycles. The average molecular weight is 352 g/mol. The first-order valence-electron chi connectivity index (χ1n) is 7.50. The fourth-order valence-electron chi connectivity index (χ4n) is 2.32. The minimum Gasteiger partial charge on any atom is -0.351 e. The normalized spacial score (nSPS) is 11.7. The minimum absolute atomic E-state index is 0.259. The van der Waals surface area contributed by atoms with Gasteiger partial charge in [0.15, 0.2) is 6.29 Å². The van der Waals surface area contributed by atoms with E-state index in [0.717, 1.165) is 25.8 Å². The Morgan fingerprint density at radius 3 is 2.74 bits per heavy atom. The van der Waals surface area contributed by atoms with Crippen molar-refractivity contribution in [3.8, 4) is 10.6 Å². The number of hydrogen-bond acceptors (Lipinski definition) is 5. The lowest BCUT2D eigenvalue weighted by molar-refractivity contribution is -0.143. The number of rotatable bonds is 7. The number of imidazole rings is 1. The van der Waals surface area contributed by atoms with E-state index >= 15 is 0 Å². The van der Waals surface area contributed by atoms with Crippen LogP contribution in [-0.4, -0.2) is 34.0 Å². The van der Waals surface area contributed by atoms with Gasteiger partial charge >= 0.3 is 0 Å². The lowest BCUT2D eigenvalue weighted by atomic mass is 10.3. The Balaban J connectivity index is 1.81. The molecule has 3 heterocycles. The first kappa shape index (κ1) is 16.4. The number of ether oxygens (including phenoxy) is 2. The van der Waals surface area contributed by atoms with Crippen LogP contribution in [-0.2, 0) is 16.0 Å². The highest BCUT2D eigenvalue weighted by molar-refractivity contribution is 7.22. The molecule has 7 heteroatoms. The summed E-state index contributed by atoms with van der Waals surface area (Å²) in [5.41, 5.74) is 1.80. The summed E-state index contributed by atoms with van der Waals surface area (Å²) in [5, 5.41) is 0.721. The van der Waals surface area contributed by atoms with Crippen molar-refractivity contribution in [3.63, 3.8) is 0 Å². The molecule has 0 saturated carbocycles. The van der Waals surface area contributed by atoms with Crippen LogP contribution in [0.1, 0.15) is 13.8 Å². The van der Waals surface area contributed by atoms with Crippen molar-refractivity contribution in [2.24, 2.45) is 0 Å². The van der Waals surface area contributed by atoms with Crippen molar-refractivity contribution >= 4 is 33.2 Å². The van der Waals surface area contributed by atoms with Crippen LogP contribution in [0.3, 0.4) is 0 Å². The summed E-state index contributed by atoms with van der Waals surface area (Å²) in [7, 11) is 0. The first-order chi connectivity index (χ1) is 11.2. The van der Waals surface area contributed by atoms with E-state index < -0.39 is 0 Å². The molecule has 0 aliphatic rings. The largest absolute Gasteiger partial charge is 0.351 e. The van der Waals surface area contributed by atoms with Crippen LogP contribution in [0.25, 0.3) is 20.8 Å². The summed E-state index contributed by atoms with van der Waals surface area (Å²) >= 11 is 7.81. The van der Waals surface area contributed by atoms with Crippen molar-refractivity contribution < 1.29 is 9.47 Å². The lowest BCUT2D eigenvalue weighted by Crippen LogP contribution is -2.23. The number of hydrogen-bond donors (Lipinski definition) is 0. The summed E-state index contributed by atoms with van der Waals surface area (Å²) in [4.78, 5) is 9.86. The van der Waals surface area contributed by atoms with Crippen LogP contribution >= 0.6 is 22.9 Å². The third kappa shape index (κ3) is 3.72. The van der Waals surface area contributed by atoms with Gasteiger partial charge in [-0.1, -0.05) is 11.6 Å². The molecule has 0 aliphatic heterocycles. The Bertz CT molecular complexity index is 781. The van der Waals surface area contributed by atoms with Gasteiger partial charge in [-0.15, -0.1) is 11.3 Å². The Hall–Kier alpha value is -1.47. The molecule has 0 amide bonds. The van der Waals surface area contributed by atoms with Crippen molar-refractivity contribution in [2.45, 2.75) is 26.7 Å². The van der Waals surface area contributed by atoms with E-state index in [1.54, 1.807) is 29.9 Å². The molecule has 0 bridgehead atoms. The molecule has 3 aromatic rings. The van der Waals surface area contributed by atoms with E-state index in [9.17, 15) is 0 Å². The molecule has 0 aliphatic carbocycles. The van der Waals surface area contributed by atoms with Gasteiger partial charge in [0.05, 0.1) is 38.7 Å². The quantitative estimate of drug-likeness (QED) is 0.598. The molecular weight excluding hydrogens is 334 g/mol. The highest BCUT2D eigenvalue weighted by atomic mass is 35.5. The molecule has 5 nitrogen and oxygen atoms in total. The number of nitrogens with zero attached hydrogens (tertiary/aromatic N) is 3. The monoisotopic (exact) mass is 351 g/mol. The zero-order chi connectivity index (χ0) is 16.2. The van der Waals surface area contributed by atoms with E-state index in [0.29, 0.717) is 19.8 Å². The van der Waals surface area contributed by atoms with Gasteiger partial charge in [-0.25, -0.2) is 4.98 Å². The lowest BCUT2D eigenvalue weighted by Gasteiger charge is -2.16. The number of fused-ring (bicyclic) bond motifs is 1. The van der Waals surface area contributed by atoms with Gasteiger partial charge in [-0.05, 0) is 26.0 Å². The Kier molecular flexibility index (Phi) is 5.27. The van der Waals surface area contributed by atoms with Crippen LogP contribution < -0.4 is 0 Å². The molecule has 0 fully saturated rings. The second kappa shape index (κ2) is 7.40. The third-order valence-electron chi connectivity index (χ3n) is 3.31. The molecule has 0 N–H and O–H groups in total. The summed E-state index contributed by atoms with van der Waals surface area (Å²) in [5.74, 6) is 0. The van der Waals surface area contributed by atoms with Gasteiger partial charge in [-0.2, -0.15) is 0 Å². The average Bonchev–Trinajstić information content (AvgIpc) is 3.15. The predicted octanol–water partition coefficient (Wildman–Crippen LogP) is 4.21. The van der Waals surface area contributed by atoms with E-state index in [4.69, 9.17) is 21.1 Å². The second-order valence-electron chi connectivity index (χ2n) is 4.91. The van der Waals surface area contributed by atoms with Crippen LogP contribution in [0, 0.1) is 0 Å². The van der Waals surface area contributed by atoms with Crippen molar-refractivity contribution in [1.29, 1.82) is 0 Å². The molecule has 0 aromatic carbocycles. The standard InChI is InChI=1S/C16H18ClN3O2S/c1-3-21-15(22-4-2)9-20-8-13(19-10-20)14-7-12-16(23-14)11(17)5-6-18-12/h5-8,10,15H,3-4,9H2,1-2H3. The van der Waals surface area contributed by atoms with Crippen LogP contribution in [0.2, 0.25) is 5.02 Å². The highest BCUT2D eigenvalue weighted by Crippen LogP contribution is 2.35. The molecular formula is C16H18ClN3O2S. The van der Waals surface area contributed by atoms with Crippen LogP contribution in [0.15, 0.2) is 30.9 Å². The molecule has 23 heavy (non-hydrogen) atoms. The van der Waals surface area contributed by atoms with Crippen molar-refractivity contribution in [1.82, 2.24) is 14.5 Å². The topological polar surface area (TPSA) is 49.2 Å². The summed E-state index contributed by atoms with van der Waals surface area (Å²) < 4.78 is 14.1. The molecule has 3 rings (SSSR count). The smallest absolute Gasteiger partial charge is 0.175 e. The minimum atomic E-state index is -0.259. The molecule has 0 unspecified atom stereocenters. The molecule has 0 radical (unpaired) electrons. The van der Waals surface area contributed by atoms with E-state index in [-0.39, 0.29) is 6.29 Å². The number of aromatic nitrogens is 3. The Morgan fingerprint density at radius 1 is 1.26 bits per heavy atom. The van der Waals surface area contributed by atoms with Gasteiger partial charge in [0.2, 0.25) is 0 Å². The van der Waals surface area contributed by atoms with Crippen LogP contribution in [0.5, 0.6) is 0 Å². The second-order valence-corrected chi connectivity index (χ2v) is 6.37.